The lowest BCUT2D eigenvalue weighted by Gasteiger charge is -2.23. The largest absolute Gasteiger partial charge is 0.489 e. The maximum absolute atomic E-state index is 11.6. The molecular formula is C24H29NO7. The molecule has 2 rings (SSSR count). The third kappa shape index (κ3) is 8.77. The zero-order valence-corrected chi connectivity index (χ0v) is 18.3. The van der Waals surface area contributed by atoms with Crippen LogP contribution in [-0.2, 0) is 30.5 Å². The summed E-state index contributed by atoms with van der Waals surface area (Å²) in [6.45, 7) is 3.97. The number of ether oxygens (including phenoxy) is 3. The molecule has 2 aromatic rings. The predicted octanol–water partition coefficient (Wildman–Crippen LogP) is 3.43. The summed E-state index contributed by atoms with van der Waals surface area (Å²) in [7, 11) is 0. The monoisotopic (exact) mass is 443 g/mol. The van der Waals surface area contributed by atoms with E-state index < -0.39 is 24.1 Å². The summed E-state index contributed by atoms with van der Waals surface area (Å²) >= 11 is 0. The fourth-order valence-electron chi connectivity index (χ4n) is 3.04. The van der Waals surface area contributed by atoms with Gasteiger partial charge in [0.15, 0.2) is 0 Å². The van der Waals surface area contributed by atoms with E-state index in [-0.39, 0.29) is 13.0 Å². The van der Waals surface area contributed by atoms with E-state index in [0.717, 1.165) is 12.0 Å². The van der Waals surface area contributed by atoms with Crippen LogP contribution in [0.5, 0.6) is 5.75 Å². The Morgan fingerprint density at radius 2 is 1.88 bits per heavy atom. The Kier molecular flexibility index (Phi) is 10.2. The quantitative estimate of drug-likeness (QED) is 0.271. The molecule has 0 aliphatic rings. The third-order valence-electron chi connectivity index (χ3n) is 4.67. The lowest BCUT2D eigenvalue weighted by atomic mass is 10.1. The number of carbonyl (C=O) groups is 3. The molecule has 0 aliphatic heterocycles. The number of anilines is 1. The van der Waals surface area contributed by atoms with Crippen molar-refractivity contribution < 1.29 is 33.7 Å². The van der Waals surface area contributed by atoms with E-state index in [1.807, 2.05) is 48.5 Å². The fourth-order valence-corrected chi connectivity index (χ4v) is 3.04. The molecule has 0 fully saturated rings. The molecule has 1 amide bonds. The van der Waals surface area contributed by atoms with Crippen LogP contribution in [0.3, 0.4) is 0 Å². The van der Waals surface area contributed by atoms with Crippen LogP contribution in [0.4, 0.5) is 5.69 Å². The number of rotatable bonds is 14. The maximum Gasteiger partial charge on any atom is 0.307 e. The molecule has 8 heteroatoms. The molecule has 2 atom stereocenters. The first-order chi connectivity index (χ1) is 15.4. The van der Waals surface area contributed by atoms with Crippen molar-refractivity contribution in [2.45, 2.75) is 45.5 Å². The molecule has 0 radical (unpaired) electrons. The van der Waals surface area contributed by atoms with Crippen molar-refractivity contribution in [3.63, 3.8) is 0 Å². The number of carboxylic acids is 1. The summed E-state index contributed by atoms with van der Waals surface area (Å²) in [5, 5.41) is 8.97. The molecule has 0 spiro atoms. The fraction of sp³-hybridized carbons (Fsp3) is 0.375. The van der Waals surface area contributed by atoms with Gasteiger partial charge in [-0.1, -0.05) is 36.4 Å². The molecule has 0 bridgehead atoms. The molecule has 2 aromatic carbocycles. The first kappa shape index (κ1) is 24.9. The van der Waals surface area contributed by atoms with E-state index >= 15 is 0 Å². The van der Waals surface area contributed by atoms with Gasteiger partial charge >= 0.3 is 11.9 Å². The van der Waals surface area contributed by atoms with Crippen LogP contribution < -0.4 is 9.64 Å². The van der Waals surface area contributed by atoms with Crippen molar-refractivity contribution in [2.75, 3.05) is 18.1 Å². The van der Waals surface area contributed by atoms with E-state index in [1.54, 1.807) is 17.9 Å². The Bertz CT molecular complexity index is 856. The van der Waals surface area contributed by atoms with Gasteiger partial charge in [-0.2, -0.15) is 0 Å². The minimum absolute atomic E-state index is 0.271. The first-order valence-corrected chi connectivity index (χ1v) is 10.4. The summed E-state index contributed by atoms with van der Waals surface area (Å²) in [6, 6.07) is 17.1. The molecule has 0 heterocycles. The van der Waals surface area contributed by atoms with Crippen LogP contribution in [0, 0.1) is 0 Å². The van der Waals surface area contributed by atoms with Gasteiger partial charge in [0.25, 0.3) is 0 Å². The van der Waals surface area contributed by atoms with Crippen molar-refractivity contribution in [2.24, 2.45) is 0 Å². The van der Waals surface area contributed by atoms with E-state index in [0.29, 0.717) is 31.0 Å². The molecule has 0 aliphatic carbocycles. The molecular weight excluding hydrogens is 414 g/mol. The first-order valence-electron chi connectivity index (χ1n) is 10.4. The number of hydrogen-bond donors (Lipinski definition) is 1. The highest BCUT2D eigenvalue weighted by molar-refractivity contribution is 5.75. The average Bonchev–Trinajstić information content (AvgIpc) is 2.77. The average molecular weight is 443 g/mol. The number of hydrogen-bond acceptors (Lipinski definition) is 6. The Morgan fingerprint density at radius 3 is 2.53 bits per heavy atom. The number of amides is 1. The van der Waals surface area contributed by atoms with E-state index in [9.17, 15) is 14.4 Å². The smallest absolute Gasteiger partial charge is 0.307 e. The molecule has 0 aromatic heterocycles. The second kappa shape index (κ2) is 13.1. The van der Waals surface area contributed by atoms with Gasteiger partial charge in [0, 0.05) is 31.8 Å². The van der Waals surface area contributed by atoms with Gasteiger partial charge in [0.2, 0.25) is 6.41 Å². The molecule has 1 N–H and O–H groups in total. The van der Waals surface area contributed by atoms with Gasteiger partial charge in [-0.25, -0.2) is 0 Å². The second-order valence-corrected chi connectivity index (χ2v) is 7.25. The molecule has 32 heavy (non-hydrogen) atoms. The minimum Gasteiger partial charge on any atom is -0.489 e. The molecule has 172 valence electrons. The highest BCUT2D eigenvalue weighted by Crippen LogP contribution is 2.21. The van der Waals surface area contributed by atoms with E-state index in [1.165, 1.54) is 6.92 Å². The molecule has 8 nitrogen and oxygen atoms in total. The molecule has 2 unspecified atom stereocenters. The van der Waals surface area contributed by atoms with Crippen LogP contribution in [0.25, 0.3) is 0 Å². The van der Waals surface area contributed by atoms with Crippen LogP contribution >= 0.6 is 0 Å². The van der Waals surface area contributed by atoms with Gasteiger partial charge in [0.05, 0.1) is 12.5 Å². The van der Waals surface area contributed by atoms with Crippen molar-refractivity contribution in [1.82, 2.24) is 0 Å². The Balaban J connectivity index is 1.84. The summed E-state index contributed by atoms with van der Waals surface area (Å²) in [6.07, 6.45) is -0.541. The highest BCUT2D eigenvalue weighted by atomic mass is 16.6. The van der Waals surface area contributed by atoms with Gasteiger partial charge in [-0.05, 0) is 31.0 Å². The number of esters is 1. The number of nitrogens with zero attached hydrogens (tertiary/aromatic N) is 1. The summed E-state index contributed by atoms with van der Waals surface area (Å²) < 4.78 is 16.5. The lowest BCUT2D eigenvalue weighted by Crippen LogP contribution is -2.33. The number of carboxylic acid groups (broad SMARTS) is 1. The Morgan fingerprint density at radius 1 is 1.12 bits per heavy atom. The van der Waals surface area contributed by atoms with Crippen LogP contribution in [0.2, 0.25) is 0 Å². The summed E-state index contributed by atoms with van der Waals surface area (Å²) in [4.78, 5) is 35.3. The van der Waals surface area contributed by atoms with E-state index in [2.05, 4.69) is 0 Å². The van der Waals surface area contributed by atoms with Crippen molar-refractivity contribution >= 4 is 24.0 Å². The zero-order valence-electron chi connectivity index (χ0n) is 18.3. The summed E-state index contributed by atoms with van der Waals surface area (Å²) in [5.74, 6) is -0.984. The number of carbonyl (C=O) groups excluding carboxylic acids is 2. The second-order valence-electron chi connectivity index (χ2n) is 7.25. The van der Waals surface area contributed by atoms with Gasteiger partial charge in [-0.15, -0.1) is 0 Å². The molecule has 0 saturated carbocycles. The lowest BCUT2D eigenvalue weighted by molar-refractivity contribution is -0.159. The standard InChI is InChI=1S/C24H29NO7/c1-18(23(15-24(28)29)32-19(2)27)30-13-7-12-25(17-26)21-10-6-11-22(14-21)31-16-20-8-4-3-5-9-20/h3-6,8-11,14,17-18,23H,7,12-13,15-16H2,1-2H3,(H,28,29). The van der Waals surface area contributed by atoms with E-state index in [4.69, 9.17) is 19.3 Å². The minimum atomic E-state index is -1.08. The molecule has 0 saturated heterocycles. The van der Waals surface area contributed by atoms with Gasteiger partial charge in [-0.3, -0.25) is 14.4 Å². The Hall–Kier alpha value is -3.39. The van der Waals surface area contributed by atoms with Crippen molar-refractivity contribution in [3.05, 3.63) is 60.2 Å². The van der Waals surface area contributed by atoms with Gasteiger partial charge in [0.1, 0.15) is 18.5 Å². The highest BCUT2D eigenvalue weighted by Gasteiger charge is 2.24. The summed E-state index contributed by atoms with van der Waals surface area (Å²) in [5.41, 5.74) is 1.74. The van der Waals surface area contributed by atoms with Crippen molar-refractivity contribution in [1.29, 1.82) is 0 Å². The van der Waals surface area contributed by atoms with Crippen LogP contribution in [0.15, 0.2) is 54.6 Å². The maximum atomic E-state index is 11.6. The predicted molar refractivity (Wildman–Crippen MR) is 118 cm³/mol. The van der Waals surface area contributed by atoms with Crippen molar-refractivity contribution in [3.8, 4) is 5.75 Å². The van der Waals surface area contributed by atoms with Crippen LogP contribution in [-0.4, -0.2) is 48.8 Å². The van der Waals surface area contributed by atoms with Crippen LogP contribution in [0.1, 0.15) is 32.3 Å². The van der Waals surface area contributed by atoms with Gasteiger partial charge < -0.3 is 24.2 Å². The number of benzene rings is 2. The topological polar surface area (TPSA) is 102 Å². The Labute approximate surface area is 187 Å². The zero-order chi connectivity index (χ0) is 23.3. The number of aliphatic carboxylic acids is 1. The SMILES string of the molecule is CC(=O)OC(CC(=O)O)C(C)OCCCN(C=O)c1cccc(OCc2ccccc2)c1. The third-order valence-corrected chi connectivity index (χ3v) is 4.67. The normalized spacial score (nSPS) is 12.4.